The van der Waals surface area contributed by atoms with Crippen molar-refractivity contribution in [1.29, 1.82) is 5.41 Å². The zero-order chi connectivity index (χ0) is 15.6. The number of nitrogens with zero attached hydrogens (tertiary/aromatic N) is 1. The Kier molecular flexibility index (Phi) is 6.13. The summed E-state index contributed by atoms with van der Waals surface area (Å²) in [7, 11) is 1.38. The van der Waals surface area contributed by atoms with E-state index >= 15 is 0 Å². The summed E-state index contributed by atoms with van der Waals surface area (Å²) in [4.78, 5) is 11.3. The molecule has 0 atom stereocenters. The summed E-state index contributed by atoms with van der Waals surface area (Å²) in [5.74, 6) is -1.10. The summed E-state index contributed by atoms with van der Waals surface area (Å²) in [6.45, 7) is 0.181. The van der Waals surface area contributed by atoms with Crippen LogP contribution in [0.4, 0.5) is 4.39 Å². The van der Waals surface area contributed by atoms with Crippen LogP contribution in [-0.4, -0.2) is 17.6 Å². The van der Waals surface area contributed by atoms with Gasteiger partial charge in [0.1, 0.15) is 5.49 Å². The van der Waals surface area contributed by atoms with Crippen molar-refractivity contribution in [3.8, 4) is 5.75 Å². The van der Waals surface area contributed by atoms with E-state index in [9.17, 15) is 9.18 Å². The highest BCUT2D eigenvalue weighted by molar-refractivity contribution is 8.93. The monoisotopic (exact) mass is 389 g/mol. The molecular weight excluding hydrogens is 377 g/mol. The third-order valence-electron chi connectivity index (χ3n) is 2.94. The van der Waals surface area contributed by atoms with Gasteiger partial charge in [-0.05, 0) is 23.8 Å². The van der Waals surface area contributed by atoms with E-state index in [1.807, 2.05) is 0 Å². The number of benzene rings is 1. The lowest BCUT2D eigenvalue weighted by Crippen LogP contribution is -2.29. The second-order valence-electron chi connectivity index (χ2n) is 4.38. The molecule has 0 unspecified atom stereocenters. The standard InChI is InChI=1S/C14H13ClFN3O2.BrH/c1-21-12-3-2-8(4-11(12)16)6-19-7-9(15)5-10(13(19)17)14(18)20;/h2-5,7,17H,6H2,1H3,(H2,18,20);1H. The van der Waals surface area contributed by atoms with Crippen LogP contribution in [0.25, 0.3) is 0 Å². The Bertz CT molecular complexity index is 764. The van der Waals surface area contributed by atoms with Crippen LogP contribution in [0, 0.1) is 11.2 Å². The molecule has 22 heavy (non-hydrogen) atoms. The van der Waals surface area contributed by atoms with E-state index in [0.29, 0.717) is 5.56 Å². The summed E-state index contributed by atoms with van der Waals surface area (Å²) in [6, 6.07) is 5.79. The Labute approximate surface area is 141 Å². The van der Waals surface area contributed by atoms with Gasteiger partial charge in [0.15, 0.2) is 11.6 Å². The number of pyridine rings is 1. The van der Waals surface area contributed by atoms with Crippen LogP contribution in [0.15, 0.2) is 30.5 Å². The number of hydrogen-bond donors (Lipinski definition) is 2. The van der Waals surface area contributed by atoms with Gasteiger partial charge in [0.25, 0.3) is 5.91 Å². The van der Waals surface area contributed by atoms with Crippen molar-refractivity contribution >= 4 is 34.5 Å². The van der Waals surface area contributed by atoms with Gasteiger partial charge in [0.05, 0.1) is 17.7 Å². The number of hydrogen-bond acceptors (Lipinski definition) is 3. The molecule has 0 saturated carbocycles. The summed E-state index contributed by atoms with van der Waals surface area (Å²) >= 11 is 5.91. The first kappa shape index (κ1) is 18.2. The fourth-order valence-electron chi connectivity index (χ4n) is 1.93. The van der Waals surface area contributed by atoms with Crippen LogP contribution < -0.4 is 16.0 Å². The van der Waals surface area contributed by atoms with E-state index in [2.05, 4.69) is 0 Å². The lowest BCUT2D eigenvalue weighted by Gasteiger charge is -2.11. The molecule has 3 N–H and O–H groups in total. The smallest absolute Gasteiger partial charge is 0.252 e. The number of primary amides is 1. The fourth-order valence-corrected chi connectivity index (χ4v) is 2.16. The molecule has 0 saturated heterocycles. The molecule has 2 rings (SSSR count). The first-order valence-electron chi connectivity index (χ1n) is 5.99. The summed E-state index contributed by atoms with van der Waals surface area (Å²) in [6.07, 6.45) is 1.48. The van der Waals surface area contributed by atoms with Crippen molar-refractivity contribution in [2.45, 2.75) is 6.54 Å². The Morgan fingerprint density at radius 3 is 2.68 bits per heavy atom. The number of aromatic nitrogens is 1. The highest BCUT2D eigenvalue weighted by Gasteiger charge is 2.10. The van der Waals surface area contributed by atoms with E-state index < -0.39 is 11.7 Å². The zero-order valence-corrected chi connectivity index (χ0v) is 14.1. The number of rotatable bonds is 4. The van der Waals surface area contributed by atoms with Crippen LogP contribution in [0.3, 0.4) is 0 Å². The minimum absolute atomic E-state index is 0. The molecule has 0 spiro atoms. The molecule has 1 aromatic carbocycles. The maximum atomic E-state index is 13.7. The zero-order valence-electron chi connectivity index (χ0n) is 11.6. The first-order valence-corrected chi connectivity index (χ1v) is 6.37. The predicted octanol–water partition coefficient (Wildman–Crippen LogP) is 2.49. The van der Waals surface area contributed by atoms with Gasteiger partial charge in [-0.25, -0.2) is 4.39 Å². The van der Waals surface area contributed by atoms with Gasteiger partial charge in [-0.3, -0.25) is 10.2 Å². The number of nitrogens with two attached hydrogens (primary N) is 1. The molecular formula is C14H14BrClFN3O2. The molecule has 0 radical (unpaired) electrons. The fraction of sp³-hybridized carbons (Fsp3) is 0.143. The molecule has 0 fully saturated rings. The highest BCUT2D eigenvalue weighted by atomic mass is 79.9. The molecule has 1 aromatic heterocycles. The number of carbonyl (C=O) groups excluding carboxylic acids is 1. The van der Waals surface area contributed by atoms with Gasteiger partial charge in [-0.2, -0.15) is 0 Å². The van der Waals surface area contributed by atoms with Gasteiger partial charge in [0, 0.05) is 12.7 Å². The average molecular weight is 391 g/mol. The Balaban J connectivity index is 0.00000242. The van der Waals surface area contributed by atoms with Crippen molar-refractivity contribution in [3.63, 3.8) is 0 Å². The molecule has 0 bridgehead atoms. The largest absolute Gasteiger partial charge is 0.494 e. The third kappa shape index (κ3) is 3.86. The molecule has 2 aromatic rings. The molecule has 1 heterocycles. The van der Waals surface area contributed by atoms with Crippen LogP contribution in [0.2, 0.25) is 5.02 Å². The van der Waals surface area contributed by atoms with Crippen molar-refractivity contribution in [2.24, 2.45) is 5.73 Å². The molecule has 1 amide bonds. The Morgan fingerprint density at radius 2 is 2.14 bits per heavy atom. The lowest BCUT2D eigenvalue weighted by molar-refractivity contribution is 0.0998. The molecule has 5 nitrogen and oxygen atoms in total. The maximum Gasteiger partial charge on any atom is 0.252 e. The topological polar surface area (TPSA) is 81.1 Å². The number of carbonyl (C=O) groups is 1. The second kappa shape index (κ2) is 7.42. The predicted molar refractivity (Wildman–Crippen MR) is 86.2 cm³/mol. The minimum atomic E-state index is -0.739. The van der Waals surface area contributed by atoms with Crippen molar-refractivity contribution in [2.75, 3.05) is 7.11 Å². The van der Waals surface area contributed by atoms with Crippen molar-refractivity contribution in [1.82, 2.24) is 4.57 Å². The quantitative estimate of drug-likeness (QED) is 0.841. The molecule has 0 aliphatic rings. The normalized spacial score (nSPS) is 9.95. The van der Waals surface area contributed by atoms with Crippen LogP contribution in [0.5, 0.6) is 5.75 Å². The summed E-state index contributed by atoms with van der Waals surface area (Å²) < 4.78 is 19.9. The number of ether oxygens (including phenoxy) is 1. The molecule has 8 heteroatoms. The summed E-state index contributed by atoms with van der Waals surface area (Å²) in [5, 5.41) is 8.21. The van der Waals surface area contributed by atoms with Crippen LogP contribution in [0.1, 0.15) is 15.9 Å². The van der Waals surface area contributed by atoms with Gasteiger partial charge in [-0.1, -0.05) is 17.7 Å². The van der Waals surface area contributed by atoms with Gasteiger partial charge < -0.3 is 15.0 Å². The molecule has 0 aliphatic carbocycles. The third-order valence-corrected chi connectivity index (χ3v) is 3.15. The minimum Gasteiger partial charge on any atom is -0.494 e. The number of methoxy groups -OCH3 is 1. The number of nitrogens with one attached hydrogen (secondary N) is 1. The van der Waals surface area contributed by atoms with E-state index in [1.165, 1.54) is 36.1 Å². The van der Waals surface area contributed by atoms with Crippen molar-refractivity contribution in [3.05, 3.63) is 57.9 Å². The van der Waals surface area contributed by atoms with Gasteiger partial charge >= 0.3 is 0 Å². The molecule has 118 valence electrons. The number of halogens is 3. The van der Waals surface area contributed by atoms with E-state index in [4.69, 9.17) is 27.5 Å². The van der Waals surface area contributed by atoms with Crippen LogP contribution >= 0.6 is 28.6 Å². The average Bonchev–Trinajstić information content (AvgIpc) is 2.42. The van der Waals surface area contributed by atoms with Crippen LogP contribution in [-0.2, 0) is 6.54 Å². The SMILES string of the molecule is Br.COc1ccc(Cn2cc(Cl)cc(C(N)=O)c2=N)cc1F. The van der Waals surface area contributed by atoms with Gasteiger partial charge in [-0.15, -0.1) is 17.0 Å². The number of amides is 1. The molecule has 0 aliphatic heterocycles. The Morgan fingerprint density at radius 1 is 1.45 bits per heavy atom. The van der Waals surface area contributed by atoms with Crippen molar-refractivity contribution < 1.29 is 13.9 Å². The lowest BCUT2D eigenvalue weighted by atomic mass is 10.2. The van der Waals surface area contributed by atoms with E-state index in [0.717, 1.165) is 0 Å². The highest BCUT2D eigenvalue weighted by Crippen LogP contribution is 2.18. The van der Waals surface area contributed by atoms with E-state index in [-0.39, 0.29) is 45.3 Å². The maximum absolute atomic E-state index is 13.7. The first-order chi connectivity index (χ1) is 9.92. The van der Waals surface area contributed by atoms with Gasteiger partial charge in [0.2, 0.25) is 0 Å². The Hall–Kier alpha value is -1.86. The second-order valence-corrected chi connectivity index (χ2v) is 4.82. The van der Waals surface area contributed by atoms with E-state index in [1.54, 1.807) is 6.07 Å². The summed E-state index contributed by atoms with van der Waals surface area (Å²) in [5.41, 5.74) is 5.73.